The summed E-state index contributed by atoms with van der Waals surface area (Å²) < 4.78 is 20.8. The van der Waals surface area contributed by atoms with Crippen molar-refractivity contribution >= 4 is 22.7 Å². The molecule has 1 aliphatic carbocycles. The van der Waals surface area contributed by atoms with E-state index in [9.17, 15) is 18.8 Å². The van der Waals surface area contributed by atoms with Crippen LogP contribution in [0.25, 0.3) is 10.9 Å². The molecule has 2 aromatic rings. The third kappa shape index (κ3) is 5.22. The molecule has 1 N–H and O–H groups in total. The zero-order chi connectivity index (χ0) is 26.3. The second kappa shape index (κ2) is 10.1. The van der Waals surface area contributed by atoms with Gasteiger partial charge < -0.3 is 19.5 Å². The van der Waals surface area contributed by atoms with Gasteiger partial charge in [-0.05, 0) is 49.9 Å². The van der Waals surface area contributed by atoms with Crippen molar-refractivity contribution in [3.8, 4) is 5.75 Å². The summed E-state index contributed by atoms with van der Waals surface area (Å²) in [7, 11) is 0. The van der Waals surface area contributed by atoms with E-state index in [4.69, 9.17) is 4.74 Å². The molecular formula is C28H37FN4O4. The number of carbonyl (C=O) groups excluding carboxylic acids is 2. The molecule has 9 heteroatoms. The lowest BCUT2D eigenvalue weighted by Gasteiger charge is -2.52. The summed E-state index contributed by atoms with van der Waals surface area (Å²) in [5.74, 6) is 1.09. The van der Waals surface area contributed by atoms with Crippen LogP contribution >= 0.6 is 0 Å². The van der Waals surface area contributed by atoms with Gasteiger partial charge in [0.1, 0.15) is 22.8 Å². The first-order valence-electron chi connectivity index (χ1n) is 13.5. The zero-order valence-corrected chi connectivity index (χ0v) is 22.0. The van der Waals surface area contributed by atoms with Crippen molar-refractivity contribution in [2.75, 3.05) is 32.8 Å². The number of H-pyrrole nitrogens is 1. The maximum Gasteiger partial charge on any atom is 0.261 e. The Balaban J connectivity index is 1.24. The van der Waals surface area contributed by atoms with Crippen molar-refractivity contribution in [1.82, 2.24) is 19.8 Å². The van der Waals surface area contributed by atoms with Gasteiger partial charge in [0, 0.05) is 57.1 Å². The second-order valence-corrected chi connectivity index (χ2v) is 11.6. The average molecular weight is 513 g/mol. The highest BCUT2D eigenvalue weighted by molar-refractivity contribution is 5.80. The molecule has 1 aromatic heterocycles. The molecule has 1 aromatic carbocycles. The van der Waals surface area contributed by atoms with Gasteiger partial charge in [0.05, 0.1) is 12.1 Å². The fraction of sp³-hybridized carbons (Fsp3) is 0.643. The number of aromatic nitrogens is 2. The standard InChI is InChI=1S/C28H37FN4O4/c1-17(2)27(36)33-10-6-28(7-11-33)14-20(15-28)25-30-23-13-21(12-22(29)24(23)26(35)31-25)37-16-19-4-8-32(9-5-19)18(3)34/h12-13,17,19-20H,4-11,14-16H2,1-3H3,(H,30,31,35). The summed E-state index contributed by atoms with van der Waals surface area (Å²) in [6, 6.07) is 2.92. The Hall–Kier alpha value is -2.97. The monoisotopic (exact) mass is 512 g/mol. The number of benzene rings is 1. The third-order valence-electron chi connectivity index (χ3n) is 8.67. The van der Waals surface area contributed by atoms with E-state index in [0.29, 0.717) is 42.7 Å². The van der Waals surface area contributed by atoms with Crippen molar-refractivity contribution in [2.24, 2.45) is 17.3 Å². The first kappa shape index (κ1) is 25.7. The number of hydrogen-bond donors (Lipinski definition) is 1. The number of halogens is 1. The van der Waals surface area contributed by atoms with Gasteiger partial charge in [-0.3, -0.25) is 14.4 Å². The number of amides is 2. The van der Waals surface area contributed by atoms with Crippen LogP contribution in [-0.4, -0.2) is 64.4 Å². The first-order chi connectivity index (χ1) is 17.6. The van der Waals surface area contributed by atoms with Crippen LogP contribution in [-0.2, 0) is 9.59 Å². The molecule has 1 saturated carbocycles. The number of nitrogens with zero attached hydrogens (tertiary/aromatic N) is 3. The lowest BCUT2D eigenvalue weighted by Crippen LogP contribution is -2.49. The highest BCUT2D eigenvalue weighted by Crippen LogP contribution is 2.56. The maximum atomic E-state index is 14.9. The van der Waals surface area contributed by atoms with Crippen LogP contribution in [0.4, 0.5) is 4.39 Å². The van der Waals surface area contributed by atoms with E-state index in [1.54, 1.807) is 13.0 Å². The van der Waals surface area contributed by atoms with Gasteiger partial charge in [0.25, 0.3) is 5.56 Å². The van der Waals surface area contributed by atoms with Gasteiger partial charge in [0.2, 0.25) is 11.8 Å². The van der Waals surface area contributed by atoms with Crippen molar-refractivity contribution in [3.63, 3.8) is 0 Å². The molecule has 0 radical (unpaired) electrons. The average Bonchev–Trinajstić information content (AvgIpc) is 2.85. The van der Waals surface area contributed by atoms with Crippen molar-refractivity contribution in [1.29, 1.82) is 0 Å². The van der Waals surface area contributed by atoms with E-state index >= 15 is 0 Å². The number of rotatable bonds is 5. The number of fused-ring (bicyclic) bond motifs is 1. The molecule has 0 unspecified atom stereocenters. The molecule has 3 fully saturated rings. The van der Waals surface area contributed by atoms with E-state index in [1.165, 1.54) is 6.07 Å². The fourth-order valence-electron chi connectivity index (χ4n) is 6.28. The number of likely N-dealkylation sites (tertiary alicyclic amines) is 2. The van der Waals surface area contributed by atoms with E-state index in [2.05, 4.69) is 9.97 Å². The molecule has 3 heterocycles. The van der Waals surface area contributed by atoms with Gasteiger partial charge in [0.15, 0.2) is 0 Å². The van der Waals surface area contributed by atoms with Crippen LogP contribution in [0, 0.1) is 23.1 Å². The maximum absolute atomic E-state index is 14.9. The van der Waals surface area contributed by atoms with Crippen molar-refractivity contribution in [2.45, 2.75) is 65.2 Å². The molecule has 0 bridgehead atoms. The summed E-state index contributed by atoms with van der Waals surface area (Å²) >= 11 is 0. The fourth-order valence-corrected chi connectivity index (χ4v) is 6.28. The molecule has 8 nitrogen and oxygen atoms in total. The van der Waals surface area contributed by atoms with Crippen LogP contribution < -0.4 is 10.3 Å². The molecule has 3 aliphatic rings. The van der Waals surface area contributed by atoms with Crippen molar-refractivity contribution in [3.05, 3.63) is 34.1 Å². The third-order valence-corrected chi connectivity index (χ3v) is 8.67. The number of nitrogens with one attached hydrogen (secondary N) is 1. The van der Waals surface area contributed by atoms with Gasteiger partial charge in [-0.2, -0.15) is 0 Å². The largest absolute Gasteiger partial charge is 0.493 e. The smallest absolute Gasteiger partial charge is 0.261 e. The molecular weight excluding hydrogens is 475 g/mol. The van der Waals surface area contributed by atoms with Crippen LogP contribution in [0.3, 0.4) is 0 Å². The van der Waals surface area contributed by atoms with Crippen LogP contribution in [0.15, 0.2) is 16.9 Å². The number of aromatic amines is 1. The Bertz CT molecular complexity index is 1230. The molecule has 2 amide bonds. The highest BCUT2D eigenvalue weighted by Gasteiger charge is 2.47. The van der Waals surface area contributed by atoms with Gasteiger partial charge in [-0.15, -0.1) is 0 Å². The quantitative estimate of drug-likeness (QED) is 0.657. The molecule has 5 rings (SSSR count). The molecule has 37 heavy (non-hydrogen) atoms. The van der Waals surface area contributed by atoms with Crippen LogP contribution in [0.1, 0.15) is 71.0 Å². The Kier molecular flexibility index (Phi) is 6.98. The molecule has 0 atom stereocenters. The Morgan fingerprint density at radius 2 is 1.81 bits per heavy atom. The minimum atomic E-state index is -0.633. The Labute approximate surface area is 216 Å². The van der Waals surface area contributed by atoms with E-state index in [-0.39, 0.29) is 34.5 Å². The van der Waals surface area contributed by atoms with Gasteiger partial charge in [-0.25, -0.2) is 9.37 Å². The number of hydrogen-bond acceptors (Lipinski definition) is 5. The number of carbonyl (C=O) groups is 2. The minimum Gasteiger partial charge on any atom is -0.493 e. The first-order valence-corrected chi connectivity index (χ1v) is 13.5. The van der Waals surface area contributed by atoms with Crippen molar-refractivity contribution < 1.29 is 18.7 Å². The number of piperidine rings is 2. The summed E-state index contributed by atoms with van der Waals surface area (Å²) in [5.41, 5.74) is 0.0533. The predicted octanol–water partition coefficient (Wildman–Crippen LogP) is 3.84. The lowest BCUT2D eigenvalue weighted by atomic mass is 9.57. The molecule has 200 valence electrons. The lowest BCUT2D eigenvalue weighted by molar-refractivity contribution is -0.138. The van der Waals surface area contributed by atoms with E-state index in [1.807, 2.05) is 23.6 Å². The normalized spacial score (nSPS) is 20.5. The molecule has 2 aliphatic heterocycles. The summed E-state index contributed by atoms with van der Waals surface area (Å²) in [5, 5.41) is -0.0413. The predicted molar refractivity (Wildman–Crippen MR) is 138 cm³/mol. The van der Waals surface area contributed by atoms with Gasteiger partial charge in [-0.1, -0.05) is 13.8 Å². The van der Waals surface area contributed by atoms with Gasteiger partial charge >= 0.3 is 0 Å². The van der Waals surface area contributed by atoms with E-state index in [0.717, 1.165) is 51.6 Å². The van der Waals surface area contributed by atoms with E-state index < -0.39 is 11.4 Å². The summed E-state index contributed by atoms with van der Waals surface area (Å²) in [6.45, 7) is 8.89. The summed E-state index contributed by atoms with van der Waals surface area (Å²) in [6.07, 6.45) is 5.48. The Morgan fingerprint density at radius 1 is 1.14 bits per heavy atom. The minimum absolute atomic E-state index is 0.0177. The van der Waals surface area contributed by atoms with Crippen LogP contribution in [0.2, 0.25) is 0 Å². The molecule has 1 spiro atoms. The number of ether oxygens (including phenoxy) is 1. The topological polar surface area (TPSA) is 95.6 Å². The molecule has 2 saturated heterocycles. The summed E-state index contributed by atoms with van der Waals surface area (Å²) in [4.78, 5) is 47.9. The van der Waals surface area contributed by atoms with Crippen LogP contribution in [0.5, 0.6) is 5.75 Å². The highest BCUT2D eigenvalue weighted by atomic mass is 19.1. The SMILES string of the molecule is CC(=O)N1CCC(COc2cc(F)c3c(=O)[nH]c(C4CC5(CCN(C(=O)C(C)C)CC5)C4)nc3c2)CC1. The Morgan fingerprint density at radius 3 is 2.43 bits per heavy atom. The second-order valence-electron chi connectivity index (χ2n) is 11.6. The zero-order valence-electron chi connectivity index (χ0n) is 22.0.